The number of rotatable bonds is 8. The molecule has 164 valence electrons. The molecule has 2 N–H and O–H groups in total. The Morgan fingerprint density at radius 3 is 2.53 bits per heavy atom. The van der Waals surface area contributed by atoms with Crippen molar-refractivity contribution in [3.05, 3.63) is 78.8 Å². The van der Waals surface area contributed by atoms with Crippen molar-refractivity contribution in [1.29, 1.82) is 0 Å². The molecule has 0 aliphatic rings. The summed E-state index contributed by atoms with van der Waals surface area (Å²) in [5, 5.41) is 2.81. The second kappa shape index (κ2) is 9.27. The number of imidazole rings is 1. The van der Waals surface area contributed by atoms with Crippen molar-refractivity contribution in [3.63, 3.8) is 0 Å². The topological polar surface area (TPSA) is 115 Å². The van der Waals surface area contributed by atoms with Crippen LogP contribution < -0.4 is 10.0 Å². The van der Waals surface area contributed by atoms with Gasteiger partial charge < -0.3 is 10.1 Å². The third kappa shape index (κ3) is 4.83. The van der Waals surface area contributed by atoms with Crippen LogP contribution in [-0.4, -0.2) is 49.0 Å². The van der Waals surface area contributed by atoms with E-state index in [1.807, 2.05) is 35.0 Å². The maximum absolute atomic E-state index is 12.5. The molecule has 0 saturated heterocycles. The normalized spacial score (nSPS) is 11.5. The minimum atomic E-state index is -3.65. The number of nitrogens with one attached hydrogen (secondary N) is 2. The van der Waals surface area contributed by atoms with Gasteiger partial charge in [0.15, 0.2) is 0 Å². The van der Waals surface area contributed by atoms with Gasteiger partial charge in [-0.1, -0.05) is 12.1 Å². The first kappa shape index (κ1) is 21.6. The number of aromatic nitrogens is 3. The maximum Gasteiger partial charge on any atom is 0.255 e. The standard InChI is InChI=1S/C22H21N5O4S/c1-31-14-12-24-32(29,30)19-9-5-17(6-10-19)21(28)25-18-7-3-16(4-8-18)20-15-27-13-2-11-23-22(27)26-20/h2-11,13,15,24H,12,14H2,1H3,(H,25,28). The van der Waals surface area contributed by atoms with Crippen LogP contribution in [0, 0.1) is 0 Å². The highest BCUT2D eigenvalue weighted by Crippen LogP contribution is 2.21. The highest BCUT2D eigenvalue weighted by Gasteiger charge is 2.14. The van der Waals surface area contributed by atoms with Crippen LogP contribution in [0.25, 0.3) is 17.0 Å². The molecule has 0 saturated carbocycles. The van der Waals surface area contributed by atoms with Crippen LogP contribution in [0.4, 0.5) is 5.69 Å². The third-order valence-corrected chi connectivity index (χ3v) is 6.18. The predicted octanol–water partition coefficient (Wildman–Crippen LogP) is 2.57. The molecule has 32 heavy (non-hydrogen) atoms. The van der Waals surface area contributed by atoms with Crippen LogP contribution in [0.3, 0.4) is 0 Å². The van der Waals surface area contributed by atoms with E-state index in [0.717, 1.165) is 11.3 Å². The largest absolute Gasteiger partial charge is 0.383 e. The van der Waals surface area contributed by atoms with Gasteiger partial charge in [-0.3, -0.25) is 9.20 Å². The highest BCUT2D eigenvalue weighted by atomic mass is 32.2. The summed E-state index contributed by atoms with van der Waals surface area (Å²) in [4.78, 5) is 21.3. The number of methoxy groups -OCH3 is 1. The number of ether oxygens (including phenoxy) is 1. The van der Waals surface area contributed by atoms with Crippen molar-refractivity contribution in [2.45, 2.75) is 4.90 Å². The third-order valence-electron chi connectivity index (χ3n) is 4.70. The average Bonchev–Trinajstić information content (AvgIpc) is 3.24. The van der Waals surface area contributed by atoms with Crippen molar-refractivity contribution in [2.24, 2.45) is 0 Å². The number of carbonyl (C=O) groups excluding carboxylic acids is 1. The van der Waals surface area contributed by atoms with E-state index in [1.165, 1.54) is 31.4 Å². The Morgan fingerprint density at radius 2 is 1.84 bits per heavy atom. The van der Waals surface area contributed by atoms with Gasteiger partial charge in [0.25, 0.3) is 5.91 Å². The zero-order valence-corrected chi connectivity index (χ0v) is 18.0. The molecule has 2 heterocycles. The Bertz CT molecular complexity index is 1300. The van der Waals surface area contributed by atoms with E-state index in [2.05, 4.69) is 20.0 Å². The highest BCUT2D eigenvalue weighted by molar-refractivity contribution is 7.89. The zero-order chi connectivity index (χ0) is 22.6. The quantitative estimate of drug-likeness (QED) is 0.398. The van der Waals surface area contributed by atoms with Gasteiger partial charge in [0.2, 0.25) is 15.8 Å². The number of fused-ring (bicyclic) bond motifs is 1. The van der Waals surface area contributed by atoms with Gasteiger partial charge in [-0.25, -0.2) is 23.1 Å². The summed E-state index contributed by atoms with van der Waals surface area (Å²) in [6.07, 6.45) is 5.44. The smallest absolute Gasteiger partial charge is 0.255 e. The Balaban J connectivity index is 1.42. The monoisotopic (exact) mass is 451 g/mol. The van der Waals surface area contributed by atoms with Crippen LogP contribution in [-0.2, 0) is 14.8 Å². The van der Waals surface area contributed by atoms with Crippen LogP contribution >= 0.6 is 0 Å². The summed E-state index contributed by atoms with van der Waals surface area (Å²) in [5.41, 5.74) is 2.62. The Hall–Kier alpha value is -3.60. The van der Waals surface area contributed by atoms with Gasteiger partial charge >= 0.3 is 0 Å². The molecule has 9 nitrogen and oxygen atoms in total. The molecule has 1 amide bonds. The molecule has 4 aromatic rings. The molecule has 2 aromatic heterocycles. The van der Waals surface area contributed by atoms with E-state index >= 15 is 0 Å². The summed E-state index contributed by atoms with van der Waals surface area (Å²) in [7, 11) is -2.16. The van der Waals surface area contributed by atoms with E-state index in [1.54, 1.807) is 18.3 Å². The molecule has 4 rings (SSSR count). The molecular formula is C22H21N5O4S. The van der Waals surface area contributed by atoms with E-state index < -0.39 is 10.0 Å². The lowest BCUT2D eigenvalue weighted by Crippen LogP contribution is -2.27. The van der Waals surface area contributed by atoms with E-state index in [0.29, 0.717) is 17.0 Å². The number of anilines is 1. The molecule has 0 atom stereocenters. The molecule has 10 heteroatoms. The van der Waals surface area contributed by atoms with Crippen molar-refractivity contribution < 1.29 is 17.9 Å². The van der Waals surface area contributed by atoms with Gasteiger partial charge in [0.1, 0.15) is 0 Å². The fourth-order valence-electron chi connectivity index (χ4n) is 3.04. The summed E-state index contributed by atoms with van der Waals surface area (Å²) >= 11 is 0. The minimum Gasteiger partial charge on any atom is -0.383 e. The zero-order valence-electron chi connectivity index (χ0n) is 17.2. The summed E-state index contributed by atoms with van der Waals surface area (Å²) in [6, 6.07) is 14.8. The fourth-order valence-corrected chi connectivity index (χ4v) is 4.06. The van der Waals surface area contributed by atoms with Crippen LogP contribution in [0.2, 0.25) is 0 Å². The molecule has 0 radical (unpaired) electrons. The van der Waals surface area contributed by atoms with Gasteiger partial charge in [-0.05, 0) is 42.5 Å². The molecule has 0 aliphatic heterocycles. The first-order chi connectivity index (χ1) is 15.5. The number of benzene rings is 2. The second-order valence-electron chi connectivity index (χ2n) is 6.90. The van der Waals surface area contributed by atoms with E-state index in [9.17, 15) is 13.2 Å². The molecule has 0 bridgehead atoms. The number of carbonyl (C=O) groups is 1. The molecule has 0 spiro atoms. The SMILES string of the molecule is COCCNS(=O)(=O)c1ccc(C(=O)Nc2ccc(-c3cn4cccnc4n3)cc2)cc1. The predicted molar refractivity (Wildman–Crippen MR) is 120 cm³/mol. The summed E-state index contributed by atoms with van der Waals surface area (Å²) < 4.78 is 33.5. The fraction of sp³-hybridized carbons (Fsp3) is 0.136. The molecule has 0 aliphatic carbocycles. The van der Waals surface area contributed by atoms with E-state index in [4.69, 9.17) is 4.74 Å². The average molecular weight is 452 g/mol. The molecule has 0 fully saturated rings. The Morgan fingerprint density at radius 1 is 1.09 bits per heavy atom. The lowest BCUT2D eigenvalue weighted by atomic mass is 10.1. The molecule has 2 aromatic carbocycles. The second-order valence-corrected chi connectivity index (χ2v) is 8.67. The molecular weight excluding hydrogens is 430 g/mol. The lowest BCUT2D eigenvalue weighted by Gasteiger charge is -2.08. The van der Waals surface area contributed by atoms with Crippen molar-refractivity contribution in [2.75, 3.05) is 25.6 Å². The maximum atomic E-state index is 12.5. The van der Waals surface area contributed by atoms with Crippen LogP contribution in [0.15, 0.2) is 78.1 Å². The Kier molecular flexibility index (Phi) is 6.26. The Labute approximate surface area is 185 Å². The summed E-state index contributed by atoms with van der Waals surface area (Å²) in [5.74, 6) is 0.269. The number of hydrogen-bond donors (Lipinski definition) is 2. The first-order valence-electron chi connectivity index (χ1n) is 9.76. The van der Waals surface area contributed by atoms with Gasteiger partial charge in [0.05, 0.1) is 17.2 Å². The summed E-state index contributed by atoms with van der Waals surface area (Å²) in [6.45, 7) is 0.440. The van der Waals surface area contributed by atoms with Gasteiger partial charge in [0, 0.05) is 49.1 Å². The number of amides is 1. The van der Waals surface area contributed by atoms with Crippen molar-refractivity contribution in [1.82, 2.24) is 19.1 Å². The van der Waals surface area contributed by atoms with Crippen LogP contribution in [0.1, 0.15) is 10.4 Å². The number of nitrogens with zero attached hydrogens (tertiary/aromatic N) is 3. The number of sulfonamides is 1. The van der Waals surface area contributed by atoms with E-state index in [-0.39, 0.29) is 24.0 Å². The van der Waals surface area contributed by atoms with Crippen LogP contribution in [0.5, 0.6) is 0 Å². The molecule has 0 unspecified atom stereocenters. The van der Waals surface area contributed by atoms with Gasteiger partial charge in [-0.15, -0.1) is 0 Å². The number of hydrogen-bond acceptors (Lipinski definition) is 6. The lowest BCUT2D eigenvalue weighted by molar-refractivity contribution is 0.102. The van der Waals surface area contributed by atoms with Gasteiger partial charge in [-0.2, -0.15) is 0 Å². The first-order valence-corrected chi connectivity index (χ1v) is 11.2. The minimum absolute atomic E-state index is 0.0800. The van der Waals surface area contributed by atoms with Crippen molar-refractivity contribution >= 4 is 27.4 Å². The van der Waals surface area contributed by atoms with Crippen molar-refractivity contribution in [3.8, 4) is 11.3 Å².